The third-order valence-corrected chi connectivity index (χ3v) is 3.97. The van der Waals surface area contributed by atoms with Crippen LogP contribution in [0.15, 0.2) is 24.3 Å². The van der Waals surface area contributed by atoms with Crippen LogP contribution in [-0.4, -0.2) is 35.8 Å². The van der Waals surface area contributed by atoms with E-state index < -0.39 is 0 Å². The molecule has 1 heterocycles. The van der Waals surface area contributed by atoms with Crippen molar-refractivity contribution in [1.29, 1.82) is 0 Å². The predicted molar refractivity (Wildman–Crippen MR) is 81.5 cm³/mol. The normalized spacial score (nSPS) is 13.7. The van der Waals surface area contributed by atoms with Crippen LogP contribution in [0.25, 0.3) is 0 Å². The predicted octanol–water partition coefficient (Wildman–Crippen LogP) is 2.65. The number of nitrogens with zero attached hydrogens (tertiary/aromatic N) is 1. The van der Waals surface area contributed by atoms with Gasteiger partial charge in [-0.2, -0.15) is 0 Å². The molecule has 5 heteroatoms. The maximum Gasteiger partial charge on any atom is 0.308 e. The Hall–Kier alpha value is -2.17. The van der Waals surface area contributed by atoms with Gasteiger partial charge in [0.15, 0.2) is 0 Å². The van der Waals surface area contributed by atoms with Gasteiger partial charge in [0.05, 0.1) is 23.7 Å². The number of benzene rings is 1. The Labute approximate surface area is 130 Å². The standard InChI is InChI=1S/C17H21NO4/c1-3-12(4-2)17(21)22-11-7-10-18-15(19)13-8-5-6-9-14(13)16(18)20/h5-6,8-9,12H,3-4,7,10-11H2,1-2H3. The summed E-state index contributed by atoms with van der Waals surface area (Å²) in [4.78, 5) is 37.2. The van der Waals surface area contributed by atoms with E-state index in [0.717, 1.165) is 12.8 Å². The van der Waals surface area contributed by atoms with Crippen molar-refractivity contribution in [2.24, 2.45) is 5.92 Å². The summed E-state index contributed by atoms with van der Waals surface area (Å²) in [5, 5.41) is 0. The van der Waals surface area contributed by atoms with Crippen molar-refractivity contribution in [3.63, 3.8) is 0 Å². The molecule has 0 aliphatic carbocycles. The summed E-state index contributed by atoms with van der Waals surface area (Å²) >= 11 is 0. The van der Waals surface area contributed by atoms with Gasteiger partial charge >= 0.3 is 5.97 Å². The number of imide groups is 1. The first-order valence-electron chi connectivity index (χ1n) is 7.72. The van der Waals surface area contributed by atoms with Crippen LogP contribution >= 0.6 is 0 Å². The molecule has 0 saturated heterocycles. The maximum atomic E-state index is 12.1. The highest BCUT2D eigenvalue weighted by Crippen LogP contribution is 2.22. The SMILES string of the molecule is CCC(CC)C(=O)OCCCN1C(=O)c2ccccc2C1=O. The molecule has 2 amide bonds. The van der Waals surface area contributed by atoms with Gasteiger partial charge in [0, 0.05) is 6.54 Å². The minimum Gasteiger partial charge on any atom is -0.465 e. The Kier molecular flexibility index (Phi) is 5.31. The maximum absolute atomic E-state index is 12.1. The zero-order valence-electron chi connectivity index (χ0n) is 13.0. The molecule has 22 heavy (non-hydrogen) atoms. The van der Waals surface area contributed by atoms with Crippen molar-refractivity contribution in [2.75, 3.05) is 13.2 Å². The molecule has 0 unspecified atom stereocenters. The van der Waals surface area contributed by atoms with E-state index in [4.69, 9.17) is 4.74 Å². The number of esters is 1. The first kappa shape index (κ1) is 16.2. The summed E-state index contributed by atoms with van der Waals surface area (Å²) in [5.41, 5.74) is 0.892. The van der Waals surface area contributed by atoms with Crippen LogP contribution in [0, 0.1) is 5.92 Å². The lowest BCUT2D eigenvalue weighted by Crippen LogP contribution is -2.31. The average Bonchev–Trinajstić information content (AvgIpc) is 2.77. The Morgan fingerprint density at radius 2 is 1.64 bits per heavy atom. The first-order valence-corrected chi connectivity index (χ1v) is 7.72. The molecular formula is C17H21NO4. The Morgan fingerprint density at radius 3 is 2.14 bits per heavy atom. The molecule has 0 radical (unpaired) electrons. The van der Waals surface area contributed by atoms with E-state index >= 15 is 0 Å². The van der Waals surface area contributed by atoms with Crippen LogP contribution in [-0.2, 0) is 9.53 Å². The van der Waals surface area contributed by atoms with E-state index in [0.29, 0.717) is 17.5 Å². The second-order valence-electron chi connectivity index (χ2n) is 5.34. The van der Waals surface area contributed by atoms with E-state index in [2.05, 4.69) is 0 Å². The monoisotopic (exact) mass is 303 g/mol. The van der Waals surface area contributed by atoms with Crippen LogP contribution in [0.5, 0.6) is 0 Å². The lowest BCUT2D eigenvalue weighted by molar-refractivity contribution is -0.148. The fraction of sp³-hybridized carbons (Fsp3) is 0.471. The molecule has 0 fully saturated rings. The fourth-order valence-electron chi connectivity index (χ4n) is 2.58. The molecule has 1 aliphatic heterocycles. The zero-order valence-corrected chi connectivity index (χ0v) is 13.0. The Bertz CT molecular complexity index is 543. The molecule has 118 valence electrons. The van der Waals surface area contributed by atoms with Gasteiger partial charge in [-0.05, 0) is 31.4 Å². The quantitative estimate of drug-likeness (QED) is 0.441. The van der Waals surface area contributed by atoms with Gasteiger partial charge in [-0.1, -0.05) is 26.0 Å². The molecule has 0 saturated carbocycles. The topological polar surface area (TPSA) is 63.7 Å². The molecule has 0 aromatic heterocycles. The molecule has 1 aliphatic rings. The van der Waals surface area contributed by atoms with E-state index in [9.17, 15) is 14.4 Å². The number of fused-ring (bicyclic) bond motifs is 1. The molecule has 0 N–H and O–H groups in total. The van der Waals surface area contributed by atoms with E-state index in [1.807, 2.05) is 13.8 Å². The zero-order chi connectivity index (χ0) is 16.1. The number of hydrogen-bond donors (Lipinski definition) is 0. The number of amides is 2. The third-order valence-electron chi connectivity index (χ3n) is 3.97. The van der Waals surface area contributed by atoms with E-state index in [1.165, 1.54) is 4.90 Å². The summed E-state index contributed by atoms with van der Waals surface area (Å²) in [5.74, 6) is -0.814. The first-order chi connectivity index (χ1) is 10.6. The van der Waals surface area contributed by atoms with Crippen LogP contribution in [0.3, 0.4) is 0 Å². The van der Waals surface area contributed by atoms with E-state index in [-0.39, 0.29) is 36.9 Å². The van der Waals surface area contributed by atoms with Gasteiger partial charge in [-0.15, -0.1) is 0 Å². The van der Waals surface area contributed by atoms with E-state index in [1.54, 1.807) is 24.3 Å². The van der Waals surface area contributed by atoms with Crippen LogP contribution in [0.2, 0.25) is 0 Å². The van der Waals surface area contributed by atoms with Gasteiger partial charge in [0.1, 0.15) is 0 Å². The van der Waals surface area contributed by atoms with Crippen LogP contribution < -0.4 is 0 Å². The van der Waals surface area contributed by atoms with Gasteiger partial charge < -0.3 is 4.74 Å². The number of hydrogen-bond acceptors (Lipinski definition) is 4. The van der Waals surface area contributed by atoms with Gasteiger partial charge in [0.25, 0.3) is 11.8 Å². The minimum absolute atomic E-state index is 0.0701. The summed E-state index contributed by atoms with van der Waals surface area (Å²) in [6, 6.07) is 6.79. The van der Waals surface area contributed by atoms with Crippen LogP contribution in [0.1, 0.15) is 53.8 Å². The largest absolute Gasteiger partial charge is 0.465 e. The highest BCUT2D eigenvalue weighted by atomic mass is 16.5. The second-order valence-corrected chi connectivity index (χ2v) is 5.34. The lowest BCUT2D eigenvalue weighted by Gasteiger charge is -2.15. The van der Waals surface area contributed by atoms with Crippen LogP contribution in [0.4, 0.5) is 0 Å². The molecule has 2 rings (SSSR count). The molecule has 5 nitrogen and oxygen atoms in total. The lowest BCUT2D eigenvalue weighted by atomic mass is 10.0. The van der Waals surface area contributed by atoms with Crippen molar-refractivity contribution in [1.82, 2.24) is 4.90 Å². The summed E-state index contributed by atoms with van der Waals surface area (Å²) in [6.07, 6.45) is 1.97. The number of carbonyl (C=O) groups excluding carboxylic acids is 3. The number of carbonyl (C=O) groups is 3. The summed E-state index contributed by atoms with van der Waals surface area (Å²) in [7, 11) is 0. The van der Waals surface area contributed by atoms with Crippen molar-refractivity contribution in [3.8, 4) is 0 Å². The Morgan fingerprint density at radius 1 is 1.09 bits per heavy atom. The van der Waals surface area contributed by atoms with Crippen molar-refractivity contribution < 1.29 is 19.1 Å². The second kappa shape index (κ2) is 7.20. The molecule has 0 spiro atoms. The summed E-state index contributed by atoms with van der Waals surface area (Å²) in [6.45, 7) is 4.40. The molecular weight excluding hydrogens is 282 g/mol. The van der Waals surface area contributed by atoms with Gasteiger partial charge in [-0.3, -0.25) is 19.3 Å². The fourth-order valence-corrected chi connectivity index (χ4v) is 2.58. The highest BCUT2D eigenvalue weighted by molar-refractivity contribution is 6.21. The van der Waals surface area contributed by atoms with Gasteiger partial charge in [-0.25, -0.2) is 0 Å². The Balaban J connectivity index is 1.83. The smallest absolute Gasteiger partial charge is 0.308 e. The molecule has 1 aromatic rings. The molecule has 0 atom stereocenters. The van der Waals surface area contributed by atoms with Crippen molar-refractivity contribution >= 4 is 17.8 Å². The number of rotatable bonds is 7. The number of ether oxygens (including phenoxy) is 1. The molecule has 1 aromatic carbocycles. The van der Waals surface area contributed by atoms with Gasteiger partial charge in [0.2, 0.25) is 0 Å². The average molecular weight is 303 g/mol. The highest BCUT2D eigenvalue weighted by Gasteiger charge is 2.34. The minimum atomic E-state index is -0.271. The molecule has 0 bridgehead atoms. The third kappa shape index (κ3) is 3.18. The van der Waals surface area contributed by atoms with Crippen molar-refractivity contribution in [3.05, 3.63) is 35.4 Å². The van der Waals surface area contributed by atoms with Crippen molar-refractivity contribution in [2.45, 2.75) is 33.1 Å². The summed E-state index contributed by atoms with van der Waals surface area (Å²) < 4.78 is 5.21.